The van der Waals surface area contributed by atoms with E-state index >= 15 is 0 Å². The van der Waals surface area contributed by atoms with Crippen LogP contribution in [0.2, 0.25) is 0 Å². The first-order chi connectivity index (χ1) is 12.8. The molecule has 8 nitrogen and oxygen atoms in total. The SMILES string of the molecule is C[C@@H](O)[C@H]1C(=O)N2C(C(=O)O)=C(S[C@@H]3CN[C@H](C=C4CNC4=O)C3)[C@H](C)[C@H]12. The van der Waals surface area contributed by atoms with E-state index in [1.165, 1.54) is 16.7 Å². The molecule has 4 heterocycles. The van der Waals surface area contributed by atoms with Gasteiger partial charge in [-0.25, -0.2) is 4.79 Å². The lowest BCUT2D eigenvalue weighted by molar-refractivity contribution is -0.163. The molecule has 4 aliphatic rings. The molecule has 0 bridgehead atoms. The zero-order valence-electron chi connectivity index (χ0n) is 15.1. The Labute approximate surface area is 161 Å². The number of carboxylic acid groups (broad SMARTS) is 1. The lowest BCUT2D eigenvalue weighted by atomic mass is 9.79. The number of carbonyl (C=O) groups excluding carboxylic acids is 2. The number of hydrogen-bond acceptors (Lipinski definition) is 6. The van der Waals surface area contributed by atoms with Gasteiger partial charge in [0.15, 0.2) is 0 Å². The Bertz CT molecular complexity index is 777. The number of aliphatic hydroxyl groups is 1. The molecule has 6 atom stereocenters. The summed E-state index contributed by atoms with van der Waals surface area (Å²) >= 11 is 1.51. The number of carbonyl (C=O) groups is 3. The molecule has 4 rings (SSSR count). The van der Waals surface area contributed by atoms with Gasteiger partial charge in [0.05, 0.1) is 18.1 Å². The van der Waals surface area contributed by atoms with Crippen LogP contribution < -0.4 is 10.6 Å². The number of thioether (sulfide) groups is 1. The predicted molar refractivity (Wildman–Crippen MR) is 98.5 cm³/mol. The molecule has 0 radical (unpaired) electrons. The average Bonchev–Trinajstić information content (AvgIpc) is 3.13. The van der Waals surface area contributed by atoms with Crippen LogP contribution in [0, 0.1) is 11.8 Å². The molecular formula is C18H23N3O5S. The third-order valence-corrected chi connectivity index (χ3v) is 7.37. The van der Waals surface area contributed by atoms with E-state index in [0.717, 1.165) is 12.0 Å². The van der Waals surface area contributed by atoms with Gasteiger partial charge in [0.1, 0.15) is 5.70 Å². The van der Waals surface area contributed by atoms with Crippen molar-refractivity contribution in [1.29, 1.82) is 0 Å². The first-order valence-corrected chi connectivity index (χ1v) is 10.0. The molecule has 0 saturated carbocycles. The van der Waals surface area contributed by atoms with Gasteiger partial charge < -0.3 is 25.7 Å². The Balaban J connectivity index is 1.50. The normalized spacial score (nSPS) is 37.8. The van der Waals surface area contributed by atoms with Crippen LogP contribution in [-0.2, 0) is 14.4 Å². The van der Waals surface area contributed by atoms with Crippen LogP contribution in [0.4, 0.5) is 0 Å². The van der Waals surface area contributed by atoms with Gasteiger partial charge in [-0.1, -0.05) is 13.0 Å². The maximum Gasteiger partial charge on any atom is 0.353 e. The molecule has 27 heavy (non-hydrogen) atoms. The van der Waals surface area contributed by atoms with Crippen LogP contribution in [0.1, 0.15) is 20.3 Å². The third-order valence-electron chi connectivity index (χ3n) is 5.86. The summed E-state index contributed by atoms with van der Waals surface area (Å²) in [5.74, 6) is -2.09. The third kappa shape index (κ3) is 2.88. The highest BCUT2D eigenvalue weighted by molar-refractivity contribution is 8.03. The maximum absolute atomic E-state index is 12.4. The average molecular weight is 393 g/mol. The molecule has 4 N–H and O–H groups in total. The summed E-state index contributed by atoms with van der Waals surface area (Å²) in [4.78, 5) is 37.7. The summed E-state index contributed by atoms with van der Waals surface area (Å²) in [7, 11) is 0. The Morgan fingerprint density at radius 3 is 2.70 bits per heavy atom. The summed E-state index contributed by atoms with van der Waals surface area (Å²) in [6.07, 6.45) is 1.95. The van der Waals surface area contributed by atoms with Gasteiger partial charge in [0.2, 0.25) is 11.8 Å². The molecule has 3 fully saturated rings. The zero-order valence-corrected chi connectivity index (χ0v) is 16.0. The molecule has 0 aromatic rings. The monoisotopic (exact) mass is 393 g/mol. The van der Waals surface area contributed by atoms with Crippen LogP contribution in [0.15, 0.2) is 22.3 Å². The minimum atomic E-state index is -1.10. The van der Waals surface area contributed by atoms with E-state index in [0.29, 0.717) is 18.0 Å². The van der Waals surface area contributed by atoms with E-state index in [9.17, 15) is 24.6 Å². The van der Waals surface area contributed by atoms with Crippen LogP contribution in [-0.4, -0.2) is 69.4 Å². The summed E-state index contributed by atoms with van der Waals surface area (Å²) < 4.78 is 0. The topological polar surface area (TPSA) is 119 Å². The Hall–Kier alpha value is -1.84. The highest BCUT2D eigenvalue weighted by Gasteiger charge is 2.60. The quantitative estimate of drug-likeness (QED) is 0.373. The number of hydrogen-bond donors (Lipinski definition) is 4. The van der Waals surface area contributed by atoms with Crippen molar-refractivity contribution >= 4 is 29.5 Å². The van der Waals surface area contributed by atoms with Crippen molar-refractivity contribution in [2.75, 3.05) is 13.1 Å². The van der Waals surface area contributed by atoms with Gasteiger partial charge in [-0.15, -0.1) is 11.8 Å². The van der Waals surface area contributed by atoms with Gasteiger partial charge >= 0.3 is 5.97 Å². The molecule has 3 saturated heterocycles. The number of fused-ring (bicyclic) bond motifs is 1. The van der Waals surface area contributed by atoms with Gasteiger partial charge in [-0.2, -0.15) is 0 Å². The summed E-state index contributed by atoms with van der Waals surface area (Å²) in [6, 6.07) is -0.185. The number of nitrogens with one attached hydrogen (secondary N) is 2. The molecule has 0 aliphatic carbocycles. The maximum atomic E-state index is 12.4. The number of amides is 2. The Morgan fingerprint density at radius 1 is 1.41 bits per heavy atom. The van der Waals surface area contributed by atoms with Crippen LogP contribution >= 0.6 is 11.8 Å². The second-order valence-corrected chi connectivity index (χ2v) is 8.98. The molecule has 9 heteroatoms. The van der Waals surface area contributed by atoms with E-state index in [1.54, 1.807) is 6.92 Å². The fraction of sp³-hybridized carbons (Fsp3) is 0.611. The number of aliphatic carboxylic acids is 1. The minimum absolute atomic E-state index is 0.0276. The number of β-lactam (4-membered cyclic amide) rings is 2. The highest BCUT2D eigenvalue weighted by Crippen LogP contribution is 2.51. The molecule has 0 aromatic carbocycles. The fourth-order valence-corrected chi connectivity index (χ4v) is 5.94. The molecular weight excluding hydrogens is 370 g/mol. The predicted octanol–water partition coefficient (Wildman–Crippen LogP) is -0.340. The molecule has 0 spiro atoms. The smallest absolute Gasteiger partial charge is 0.353 e. The van der Waals surface area contributed by atoms with Crippen LogP contribution in [0.3, 0.4) is 0 Å². The van der Waals surface area contributed by atoms with Crippen molar-refractivity contribution in [2.45, 2.75) is 43.7 Å². The molecule has 0 aromatic heterocycles. The number of rotatable bonds is 5. The molecule has 4 aliphatic heterocycles. The van der Waals surface area contributed by atoms with E-state index < -0.39 is 18.0 Å². The lowest BCUT2D eigenvalue weighted by Crippen LogP contribution is -2.63. The van der Waals surface area contributed by atoms with Crippen molar-refractivity contribution in [3.63, 3.8) is 0 Å². The van der Waals surface area contributed by atoms with Crippen molar-refractivity contribution in [3.8, 4) is 0 Å². The zero-order chi connectivity index (χ0) is 19.5. The van der Waals surface area contributed by atoms with Crippen molar-refractivity contribution < 1.29 is 24.6 Å². The standard InChI is InChI=1S/C18H23N3O5S/c1-7-13-12(8(2)22)17(24)21(13)14(18(25)26)15(7)27-11-4-10(19-6-11)3-9-5-20-16(9)23/h3,7-8,10-13,19,22H,4-6H2,1-2H3,(H,20,23)(H,25,26)/t7-,8-,10-,11+,12-,13-/m1/s1. The second kappa shape index (κ2) is 6.65. The lowest BCUT2D eigenvalue weighted by Gasteiger charge is -2.46. The van der Waals surface area contributed by atoms with Gasteiger partial charge in [-0.3, -0.25) is 9.59 Å². The number of aliphatic hydroxyl groups excluding tert-OH is 1. The summed E-state index contributed by atoms with van der Waals surface area (Å²) in [5.41, 5.74) is 0.854. The van der Waals surface area contributed by atoms with Gasteiger partial charge in [0, 0.05) is 40.8 Å². The van der Waals surface area contributed by atoms with E-state index in [2.05, 4.69) is 10.6 Å². The Kier molecular flexibility index (Phi) is 4.56. The molecule has 0 unspecified atom stereocenters. The minimum Gasteiger partial charge on any atom is -0.477 e. The van der Waals surface area contributed by atoms with Crippen molar-refractivity contribution in [3.05, 3.63) is 22.3 Å². The number of nitrogens with zero attached hydrogens (tertiary/aromatic N) is 1. The highest BCUT2D eigenvalue weighted by atomic mass is 32.2. The van der Waals surface area contributed by atoms with Crippen LogP contribution in [0.25, 0.3) is 0 Å². The fourth-order valence-electron chi connectivity index (χ4n) is 4.45. The first kappa shape index (κ1) is 18.5. The van der Waals surface area contributed by atoms with E-state index in [4.69, 9.17) is 0 Å². The van der Waals surface area contributed by atoms with E-state index in [1.807, 2.05) is 13.0 Å². The first-order valence-electron chi connectivity index (χ1n) is 9.17. The van der Waals surface area contributed by atoms with Crippen molar-refractivity contribution in [1.82, 2.24) is 15.5 Å². The Morgan fingerprint density at radius 2 is 2.15 bits per heavy atom. The van der Waals surface area contributed by atoms with Gasteiger partial charge in [0.25, 0.3) is 0 Å². The number of carboxylic acids is 1. The molecule has 2 amide bonds. The van der Waals surface area contributed by atoms with Gasteiger partial charge in [-0.05, 0) is 13.3 Å². The summed E-state index contributed by atoms with van der Waals surface area (Å²) in [6.45, 7) is 4.81. The molecule has 146 valence electrons. The second-order valence-electron chi connectivity index (χ2n) is 7.64. The van der Waals surface area contributed by atoms with E-state index in [-0.39, 0.29) is 40.8 Å². The largest absolute Gasteiger partial charge is 0.477 e. The summed E-state index contributed by atoms with van der Waals surface area (Å²) in [5, 5.41) is 25.8. The van der Waals surface area contributed by atoms with Crippen LogP contribution in [0.5, 0.6) is 0 Å². The van der Waals surface area contributed by atoms with Crippen molar-refractivity contribution in [2.24, 2.45) is 11.8 Å².